The summed E-state index contributed by atoms with van der Waals surface area (Å²) >= 11 is 19.8. The predicted octanol–water partition coefficient (Wildman–Crippen LogP) is -5.34. The van der Waals surface area contributed by atoms with Crippen molar-refractivity contribution in [3.63, 3.8) is 0 Å². The van der Waals surface area contributed by atoms with Gasteiger partial charge < -0.3 is 59.5 Å². The number of rotatable bonds is 0. The maximum atomic E-state index is 4.96. The molecule has 0 aromatic rings. The average molecular weight is 329 g/mol. The van der Waals surface area contributed by atoms with Crippen LogP contribution in [0.25, 0.3) is 0 Å². The van der Waals surface area contributed by atoms with Crippen LogP contribution in [0.5, 0.6) is 0 Å². The molecule has 0 spiro atoms. The molecule has 0 aromatic heterocycles. The molecule has 0 N–H and O–H groups in total. The van der Waals surface area contributed by atoms with Gasteiger partial charge in [-0.05, 0) is 6.92 Å². The maximum absolute atomic E-state index is 4.96. The van der Waals surface area contributed by atoms with Crippen LogP contribution in [0, 0.1) is 0 Å². The fraction of sp³-hybridized carbons (Fsp3) is 0.714. The number of hydrogen-bond donors (Lipinski definition) is 0. The molecule has 0 saturated carbocycles. The predicted molar refractivity (Wildman–Crippen MR) is 67.7 cm³/mol. The zero-order valence-electron chi connectivity index (χ0n) is 9.23. The van der Waals surface area contributed by atoms with Gasteiger partial charge in [0.25, 0.3) is 0 Å². The minimum absolute atomic E-state index is 0. The Hall–Kier alpha value is 3.49. The van der Waals surface area contributed by atoms with Crippen LogP contribution >= 0.6 is 24.4 Å². The molecule has 1 saturated heterocycles. The Morgan fingerprint density at radius 1 is 1.13 bits per heavy atom. The van der Waals surface area contributed by atoms with Gasteiger partial charge in [0.05, 0.1) is 0 Å². The molecule has 2 nitrogen and oxygen atoms in total. The smallest absolute Gasteiger partial charge is 0.411 e. The van der Waals surface area contributed by atoms with Gasteiger partial charge >= 0.3 is 103 Å². The minimum Gasteiger partial charge on any atom is -0.411 e. The quantitative estimate of drug-likeness (QED) is 0.247. The molecule has 1 rings (SSSR count). The monoisotopic (exact) mass is 328 g/mol. The van der Waals surface area contributed by atoms with E-state index >= 15 is 0 Å². The van der Waals surface area contributed by atoms with E-state index in [1.807, 2.05) is 9.80 Å². The van der Waals surface area contributed by atoms with Crippen molar-refractivity contribution < 1.29 is 103 Å². The Balaban J connectivity index is 0. The van der Waals surface area contributed by atoms with E-state index in [9.17, 15) is 0 Å². The molecule has 1 heterocycles. The molecule has 1 fully saturated rings. The fourth-order valence-corrected chi connectivity index (χ4v) is 2.27. The Bertz CT molecular complexity index is 239. The molecule has 1 aliphatic rings. The van der Waals surface area contributed by atoms with Crippen molar-refractivity contribution in [2.45, 2.75) is 13.0 Å². The second-order valence-corrected chi connectivity index (χ2v) is 5.08. The van der Waals surface area contributed by atoms with Gasteiger partial charge in [-0.25, -0.2) is 0 Å². The summed E-state index contributed by atoms with van der Waals surface area (Å²) in [6.45, 7) is 4.58. The molecular formula is C7H10K2N2S4. The van der Waals surface area contributed by atoms with Gasteiger partial charge in [-0.2, -0.15) is 0 Å². The van der Waals surface area contributed by atoms with Gasteiger partial charge in [0.15, 0.2) is 0 Å². The van der Waals surface area contributed by atoms with E-state index in [1.165, 1.54) is 0 Å². The molecule has 1 aliphatic heterocycles. The number of hydrogen-bond acceptors (Lipinski definition) is 4. The SMILES string of the molecule is CC1CN(C(=S)[S-])CCN1C(=S)[S-].[K+].[K+]. The summed E-state index contributed by atoms with van der Waals surface area (Å²) in [4.78, 5) is 4.05. The summed E-state index contributed by atoms with van der Waals surface area (Å²) in [6.07, 6.45) is 0. The van der Waals surface area contributed by atoms with Crippen LogP contribution in [0.4, 0.5) is 0 Å². The van der Waals surface area contributed by atoms with Crippen molar-refractivity contribution in [3.8, 4) is 0 Å². The van der Waals surface area contributed by atoms with E-state index < -0.39 is 0 Å². The van der Waals surface area contributed by atoms with Crippen LogP contribution in [0.3, 0.4) is 0 Å². The summed E-state index contributed by atoms with van der Waals surface area (Å²) in [5, 5.41) is 0. The Labute approximate surface area is 198 Å². The second-order valence-electron chi connectivity index (χ2n) is 3.02. The van der Waals surface area contributed by atoms with Crippen molar-refractivity contribution in [2.24, 2.45) is 0 Å². The van der Waals surface area contributed by atoms with Crippen LogP contribution in [0.1, 0.15) is 6.92 Å². The third kappa shape index (κ3) is 7.00. The molecule has 8 heteroatoms. The van der Waals surface area contributed by atoms with Crippen molar-refractivity contribution >= 4 is 58.3 Å². The van der Waals surface area contributed by atoms with E-state index in [-0.39, 0.29) is 103 Å². The van der Waals surface area contributed by atoms with Crippen molar-refractivity contribution in [1.82, 2.24) is 9.80 Å². The Kier molecular flexibility index (Phi) is 14.3. The van der Waals surface area contributed by atoms with E-state index in [4.69, 9.17) is 49.7 Å². The van der Waals surface area contributed by atoms with Crippen molar-refractivity contribution in [1.29, 1.82) is 0 Å². The topological polar surface area (TPSA) is 6.48 Å². The first-order chi connectivity index (χ1) is 6.02. The van der Waals surface area contributed by atoms with Crippen LogP contribution in [-0.4, -0.2) is 44.1 Å². The Morgan fingerprint density at radius 3 is 2.00 bits per heavy atom. The van der Waals surface area contributed by atoms with Crippen LogP contribution < -0.4 is 103 Å². The first kappa shape index (κ1) is 20.8. The van der Waals surface area contributed by atoms with Crippen LogP contribution in [0.2, 0.25) is 0 Å². The molecule has 0 aliphatic carbocycles. The van der Waals surface area contributed by atoms with Crippen molar-refractivity contribution in [2.75, 3.05) is 19.6 Å². The molecule has 15 heavy (non-hydrogen) atoms. The van der Waals surface area contributed by atoms with E-state index in [2.05, 4.69) is 6.92 Å². The Morgan fingerprint density at radius 2 is 1.67 bits per heavy atom. The third-order valence-electron chi connectivity index (χ3n) is 2.12. The first-order valence-corrected chi connectivity index (χ1v) is 5.59. The van der Waals surface area contributed by atoms with E-state index in [0.29, 0.717) is 14.7 Å². The number of thiocarbonyl (C=S) groups is 2. The van der Waals surface area contributed by atoms with Gasteiger partial charge in [-0.3, -0.25) is 0 Å². The molecule has 1 unspecified atom stereocenters. The number of nitrogens with zero attached hydrogens (tertiary/aromatic N) is 2. The molecule has 0 radical (unpaired) electrons. The third-order valence-corrected chi connectivity index (χ3v) is 3.11. The van der Waals surface area contributed by atoms with Crippen LogP contribution in [0.15, 0.2) is 0 Å². The van der Waals surface area contributed by atoms with Gasteiger partial charge in [0.2, 0.25) is 0 Å². The molecule has 0 amide bonds. The summed E-state index contributed by atoms with van der Waals surface area (Å²) in [5.74, 6) is 0. The molecule has 1 atom stereocenters. The minimum atomic E-state index is 0. The molecule has 74 valence electrons. The van der Waals surface area contributed by atoms with Gasteiger partial charge in [-0.1, -0.05) is 8.64 Å². The molecular weight excluding hydrogens is 319 g/mol. The van der Waals surface area contributed by atoms with Gasteiger partial charge in [-0.15, -0.1) is 0 Å². The fourth-order valence-electron chi connectivity index (χ4n) is 1.39. The molecule has 0 bridgehead atoms. The zero-order chi connectivity index (χ0) is 10.0. The van der Waals surface area contributed by atoms with Gasteiger partial charge in [0.1, 0.15) is 0 Å². The summed E-state index contributed by atoms with van der Waals surface area (Å²) in [6, 6.07) is 0.319. The normalized spacial score (nSPS) is 19.9. The summed E-state index contributed by atoms with van der Waals surface area (Å²) in [5.41, 5.74) is 0. The maximum Gasteiger partial charge on any atom is 1.00 e. The van der Waals surface area contributed by atoms with Gasteiger partial charge in [0, 0.05) is 25.7 Å². The average Bonchev–Trinajstić information content (AvgIpc) is 2.03. The summed E-state index contributed by atoms with van der Waals surface area (Å²) in [7, 11) is 0. The van der Waals surface area contributed by atoms with E-state index in [0.717, 1.165) is 19.6 Å². The zero-order valence-corrected chi connectivity index (χ0v) is 18.7. The molecule has 0 aromatic carbocycles. The second kappa shape index (κ2) is 10.3. The largest absolute Gasteiger partial charge is 1.00 e. The van der Waals surface area contributed by atoms with Crippen LogP contribution in [-0.2, 0) is 25.3 Å². The standard InChI is InChI=1S/C7H12N2S4.2K/c1-5-4-8(6(10)11)2-3-9(5)7(12)13;;/h5H,2-4H2,1H3,(H,10,11)(H,12,13);;/q;2*+1/p-2. The first-order valence-electron chi connectivity index (χ1n) is 3.96. The van der Waals surface area contributed by atoms with E-state index in [1.54, 1.807) is 0 Å². The van der Waals surface area contributed by atoms with Crippen molar-refractivity contribution in [3.05, 3.63) is 0 Å². The number of piperazine rings is 1. The summed E-state index contributed by atoms with van der Waals surface area (Å²) < 4.78 is 1.09.